The summed E-state index contributed by atoms with van der Waals surface area (Å²) in [6, 6.07) is 15.5. The van der Waals surface area contributed by atoms with Crippen molar-refractivity contribution in [2.24, 2.45) is 7.05 Å². The lowest BCUT2D eigenvalue weighted by Gasteiger charge is -2.25. The largest absolute Gasteiger partial charge is 0.478 e. The van der Waals surface area contributed by atoms with E-state index in [0.717, 1.165) is 5.75 Å². The molecular formula is C22H25ClN2O2S. The van der Waals surface area contributed by atoms with Crippen molar-refractivity contribution in [3.63, 3.8) is 0 Å². The Morgan fingerprint density at radius 2 is 1.96 bits per heavy atom. The van der Waals surface area contributed by atoms with E-state index in [1.54, 1.807) is 49.9 Å². The zero-order valence-electron chi connectivity index (χ0n) is 16.6. The molecule has 6 heteroatoms. The maximum Gasteiger partial charge on any atom is 0.263 e. The summed E-state index contributed by atoms with van der Waals surface area (Å²) in [7, 11) is 2.08. The number of fused-ring (bicyclic) bond motifs is 1. The number of thioether (sulfide) groups is 1. The summed E-state index contributed by atoms with van der Waals surface area (Å²) in [6.07, 6.45) is 0. The van der Waals surface area contributed by atoms with Crippen LogP contribution in [0.5, 0.6) is 5.75 Å². The number of hydrogen-bond donors (Lipinski definition) is 1. The normalized spacial score (nSPS) is 11.6. The van der Waals surface area contributed by atoms with E-state index in [2.05, 4.69) is 48.1 Å². The smallest absolute Gasteiger partial charge is 0.263 e. The molecular weight excluding hydrogens is 392 g/mol. The van der Waals surface area contributed by atoms with Gasteiger partial charge in [-0.25, -0.2) is 0 Å². The molecule has 0 aliphatic heterocycles. The van der Waals surface area contributed by atoms with Crippen LogP contribution in [-0.2, 0) is 11.8 Å². The molecule has 0 spiro atoms. The van der Waals surface area contributed by atoms with Crippen LogP contribution in [0.1, 0.15) is 19.5 Å². The number of aryl methyl sites for hydroxylation is 1. The Bertz CT molecular complexity index is 997. The molecule has 1 amide bonds. The van der Waals surface area contributed by atoms with Crippen LogP contribution in [0.25, 0.3) is 10.9 Å². The van der Waals surface area contributed by atoms with E-state index in [4.69, 9.17) is 16.3 Å². The van der Waals surface area contributed by atoms with Gasteiger partial charge in [-0.1, -0.05) is 35.9 Å². The number of rotatable bonds is 7. The van der Waals surface area contributed by atoms with Gasteiger partial charge < -0.3 is 14.6 Å². The summed E-state index contributed by atoms with van der Waals surface area (Å²) in [6.45, 7) is 6.20. The van der Waals surface area contributed by atoms with Gasteiger partial charge in [0.25, 0.3) is 5.91 Å². The number of nitrogens with zero attached hydrogens (tertiary/aromatic N) is 1. The predicted octanol–water partition coefficient (Wildman–Crippen LogP) is 5.21. The molecule has 0 aliphatic carbocycles. The molecule has 3 rings (SSSR count). The molecule has 4 nitrogen and oxygen atoms in total. The fourth-order valence-electron chi connectivity index (χ4n) is 3.07. The number of benzene rings is 2. The summed E-state index contributed by atoms with van der Waals surface area (Å²) in [5.41, 5.74) is 1.48. The zero-order valence-corrected chi connectivity index (χ0v) is 18.2. The number of carbonyl (C=O) groups is 1. The molecule has 0 aliphatic rings. The third kappa shape index (κ3) is 4.47. The van der Waals surface area contributed by atoms with Crippen LogP contribution >= 0.6 is 23.4 Å². The van der Waals surface area contributed by atoms with E-state index < -0.39 is 5.60 Å². The number of aromatic nitrogens is 1. The standard InChI is InChI=1S/C22H25ClN2O2S/c1-15-20(18-10-5-6-11-19(18)25(15)4)28-13-12-24-21(26)22(2,3)27-17-9-7-8-16(23)14-17/h5-11,14H,12-13H2,1-4H3,(H,24,26). The van der Waals surface area contributed by atoms with Crippen molar-refractivity contribution in [3.8, 4) is 5.75 Å². The molecule has 0 unspecified atom stereocenters. The first-order valence-electron chi connectivity index (χ1n) is 9.19. The number of nitrogens with one attached hydrogen (secondary N) is 1. The lowest BCUT2D eigenvalue weighted by molar-refractivity contribution is -0.134. The van der Waals surface area contributed by atoms with Crippen LogP contribution in [0.2, 0.25) is 5.02 Å². The van der Waals surface area contributed by atoms with E-state index >= 15 is 0 Å². The average Bonchev–Trinajstić information content (AvgIpc) is 2.89. The first kappa shape index (κ1) is 20.6. The maximum atomic E-state index is 12.6. The molecule has 1 aromatic heterocycles. The van der Waals surface area contributed by atoms with Gasteiger partial charge in [0.1, 0.15) is 5.75 Å². The van der Waals surface area contributed by atoms with Gasteiger partial charge in [-0.05, 0) is 45.0 Å². The van der Waals surface area contributed by atoms with Crippen molar-refractivity contribution in [1.82, 2.24) is 9.88 Å². The molecule has 0 bridgehead atoms. The highest BCUT2D eigenvalue weighted by Gasteiger charge is 2.29. The van der Waals surface area contributed by atoms with Gasteiger partial charge in [0.15, 0.2) is 5.60 Å². The maximum absolute atomic E-state index is 12.6. The SMILES string of the molecule is Cc1c(SCCNC(=O)C(C)(C)Oc2cccc(Cl)c2)c2ccccc2n1C. The van der Waals surface area contributed by atoms with Gasteiger partial charge in [-0.15, -0.1) is 11.8 Å². The minimum atomic E-state index is -0.981. The molecule has 28 heavy (non-hydrogen) atoms. The van der Waals surface area contributed by atoms with E-state index in [1.807, 2.05) is 0 Å². The molecule has 1 heterocycles. The quantitative estimate of drug-likeness (QED) is 0.425. The first-order chi connectivity index (χ1) is 13.3. The number of carbonyl (C=O) groups excluding carboxylic acids is 1. The van der Waals surface area contributed by atoms with Gasteiger partial charge in [0.05, 0.1) is 0 Å². The van der Waals surface area contributed by atoms with Crippen molar-refractivity contribution < 1.29 is 9.53 Å². The van der Waals surface area contributed by atoms with Crippen LogP contribution in [0.15, 0.2) is 53.4 Å². The fraction of sp³-hybridized carbons (Fsp3) is 0.318. The minimum Gasteiger partial charge on any atom is -0.478 e. The third-order valence-electron chi connectivity index (χ3n) is 4.69. The van der Waals surface area contributed by atoms with Crippen molar-refractivity contribution in [3.05, 3.63) is 59.2 Å². The molecule has 0 fully saturated rings. The Morgan fingerprint density at radius 1 is 1.21 bits per heavy atom. The van der Waals surface area contributed by atoms with Crippen molar-refractivity contribution in [1.29, 1.82) is 0 Å². The van der Waals surface area contributed by atoms with Gasteiger partial charge in [-0.2, -0.15) is 0 Å². The highest BCUT2D eigenvalue weighted by atomic mass is 35.5. The topological polar surface area (TPSA) is 43.3 Å². The second-order valence-electron chi connectivity index (χ2n) is 7.16. The summed E-state index contributed by atoms with van der Waals surface area (Å²) in [5, 5.41) is 4.81. The molecule has 3 aromatic rings. The molecule has 148 valence electrons. The minimum absolute atomic E-state index is 0.150. The summed E-state index contributed by atoms with van der Waals surface area (Å²) in [5.74, 6) is 1.21. The fourth-order valence-corrected chi connectivity index (χ4v) is 4.33. The molecule has 0 saturated carbocycles. The Hall–Kier alpha value is -2.11. The zero-order chi connectivity index (χ0) is 20.3. The Morgan fingerprint density at radius 3 is 2.71 bits per heavy atom. The lowest BCUT2D eigenvalue weighted by atomic mass is 10.1. The second kappa shape index (κ2) is 8.50. The highest BCUT2D eigenvalue weighted by Crippen LogP contribution is 2.33. The first-order valence-corrected chi connectivity index (χ1v) is 10.6. The summed E-state index contributed by atoms with van der Waals surface area (Å²) >= 11 is 7.75. The van der Waals surface area contributed by atoms with Crippen LogP contribution in [0, 0.1) is 6.92 Å². The number of amides is 1. The van der Waals surface area contributed by atoms with Crippen LogP contribution < -0.4 is 10.1 Å². The molecule has 0 atom stereocenters. The third-order valence-corrected chi connectivity index (χ3v) is 6.14. The highest BCUT2D eigenvalue weighted by molar-refractivity contribution is 7.99. The lowest BCUT2D eigenvalue weighted by Crippen LogP contribution is -2.47. The Balaban J connectivity index is 1.56. The Kier molecular flexibility index (Phi) is 6.26. The number of hydrogen-bond acceptors (Lipinski definition) is 3. The molecule has 2 aromatic carbocycles. The van der Waals surface area contributed by atoms with E-state index in [0.29, 0.717) is 17.3 Å². The molecule has 0 saturated heterocycles. The predicted molar refractivity (Wildman–Crippen MR) is 118 cm³/mol. The number of ether oxygens (including phenoxy) is 1. The second-order valence-corrected chi connectivity index (χ2v) is 8.71. The van der Waals surface area contributed by atoms with Crippen molar-refractivity contribution in [2.75, 3.05) is 12.3 Å². The monoisotopic (exact) mass is 416 g/mol. The number of halogens is 1. The van der Waals surface area contributed by atoms with Gasteiger partial charge in [0, 0.05) is 45.9 Å². The molecule has 1 N–H and O–H groups in total. The Labute approximate surface area is 175 Å². The van der Waals surface area contributed by atoms with Gasteiger partial charge in [0.2, 0.25) is 0 Å². The molecule has 0 radical (unpaired) electrons. The number of para-hydroxylation sites is 1. The van der Waals surface area contributed by atoms with Crippen LogP contribution in [0.4, 0.5) is 0 Å². The average molecular weight is 417 g/mol. The van der Waals surface area contributed by atoms with E-state index in [-0.39, 0.29) is 5.91 Å². The van der Waals surface area contributed by atoms with Crippen molar-refractivity contribution in [2.45, 2.75) is 31.3 Å². The van der Waals surface area contributed by atoms with Crippen molar-refractivity contribution >= 4 is 40.2 Å². The van der Waals surface area contributed by atoms with E-state index in [1.165, 1.54) is 21.5 Å². The van der Waals surface area contributed by atoms with Gasteiger partial charge >= 0.3 is 0 Å². The van der Waals surface area contributed by atoms with Gasteiger partial charge in [-0.3, -0.25) is 4.79 Å². The summed E-state index contributed by atoms with van der Waals surface area (Å²) in [4.78, 5) is 13.8. The van der Waals surface area contributed by atoms with E-state index in [9.17, 15) is 4.79 Å². The summed E-state index contributed by atoms with van der Waals surface area (Å²) < 4.78 is 8.04. The van der Waals surface area contributed by atoms with Crippen LogP contribution in [-0.4, -0.2) is 28.4 Å². The van der Waals surface area contributed by atoms with Crippen LogP contribution in [0.3, 0.4) is 0 Å².